The lowest BCUT2D eigenvalue weighted by molar-refractivity contribution is -0.119. The largest absolute Gasteiger partial charge is 0.483 e. The molecule has 7 nitrogen and oxygen atoms in total. The van der Waals surface area contributed by atoms with Crippen molar-refractivity contribution in [3.8, 4) is 11.8 Å². The van der Waals surface area contributed by atoms with Crippen LogP contribution in [-0.4, -0.2) is 18.3 Å². The van der Waals surface area contributed by atoms with Crippen molar-refractivity contribution < 1.29 is 19.1 Å². The smallest absolute Gasteiger partial charge is 0.262 e. The Hall–Kier alpha value is -3.47. The van der Waals surface area contributed by atoms with Gasteiger partial charge in [-0.25, -0.2) is 0 Å². The minimum absolute atomic E-state index is 0.0334. The van der Waals surface area contributed by atoms with E-state index < -0.39 is 11.8 Å². The number of nitrogens with one attached hydrogen (secondary N) is 1. The average Bonchev–Trinajstić information content (AvgIpc) is 2.78. The van der Waals surface area contributed by atoms with E-state index in [1.165, 1.54) is 6.07 Å². The van der Waals surface area contributed by atoms with E-state index in [-0.39, 0.29) is 29.3 Å². The molecule has 2 aliphatic rings. The van der Waals surface area contributed by atoms with Crippen molar-refractivity contribution in [1.29, 1.82) is 5.26 Å². The summed E-state index contributed by atoms with van der Waals surface area (Å²) in [6.07, 6.45) is 0.832. The van der Waals surface area contributed by atoms with Crippen molar-refractivity contribution in [2.45, 2.75) is 32.6 Å². The standard InChI is InChI=1S/C26H23Cl2N3O4/c1-26(2)10-19(32)24-21(11-26)35-25(30)16(12-29)23(24)15-5-3-4-6-20(15)34-13-22(33)31-14-7-8-17(27)18(28)9-14/h3-9,23H,10-11,13,30H2,1-2H3,(H,31,33). The number of nitrogens with zero attached hydrogens (tertiary/aromatic N) is 1. The lowest BCUT2D eigenvalue weighted by atomic mass is 9.70. The molecule has 3 N–H and O–H groups in total. The molecule has 0 saturated heterocycles. The van der Waals surface area contributed by atoms with Crippen LogP contribution in [0.15, 0.2) is 65.3 Å². The van der Waals surface area contributed by atoms with Gasteiger partial charge in [0.1, 0.15) is 23.2 Å². The van der Waals surface area contributed by atoms with E-state index in [9.17, 15) is 14.9 Å². The van der Waals surface area contributed by atoms with Crippen LogP contribution in [0.4, 0.5) is 5.69 Å². The Labute approximate surface area is 213 Å². The Kier molecular flexibility index (Phi) is 6.79. The maximum absolute atomic E-state index is 13.2. The molecule has 9 heteroatoms. The molecule has 0 fully saturated rings. The number of anilines is 1. The number of nitrogens with two attached hydrogens (primary N) is 1. The van der Waals surface area contributed by atoms with Gasteiger partial charge in [0.05, 0.1) is 16.0 Å². The second-order valence-corrected chi connectivity index (χ2v) is 10.0. The zero-order valence-corrected chi connectivity index (χ0v) is 20.7. The molecule has 1 aliphatic heterocycles. The summed E-state index contributed by atoms with van der Waals surface area (Å²) in [7, 11) is 0. The van der Waals surface area contributed by atoms with Crippen molar-refractivity contribution in [1.82, 2.24) is 0 Å². The predicted molar refractivity (Wildman–Crippen MR) is 133 cm³/mol. The number of ether oxygens (including phenoxy) is 2. The molecule has 1 amide bonds. The molecule has 4 rings (SSSR count). The van der Waals surface area contributed by atoms with Gasteiger partial charge in [-0.2, -0.15) is 5.26 Å². The number of halogens is 2. The number of amides is 1. The summed E-state index contributed by atoms with van der Waals surface area (Å²) in [6, 6.07) is 13.8. The highest BCUT2D eigenvalue weighted by molar-refractivity contribution is 6.42. The fourth-order valence-corrected chi connectivity index (χ4v) is 4.66. The van der Waals surface area contributed by atoms with Gasteiger partial charge < -0.3 is 20.5 Å². The molecule has 1 aliphatic carbocycles. The fourth-order valence-electron chi connectivity index (χ4n) is 4.36. The normalized spacial score (nSPS) is 18.9. The minimum atomic E-state index is -0.748. The maximum Gasteiger partial charge on any atom is 0.262 e. The number of hydrogen-bond acceptors (Lipinski definition) is 6. The Balaban J connectivity index is 1.62. The first kappa shape index (κ1) is 24.6. The maximum atomic E-state index is 13.2. The highest BCUT2D eigenvalue weighted by Gasteiger charge is 2.43. The monoisotopic (exact) mass is 511 g/mol. The number of carbonyl (C=O) groups excluding carboxylic acids is 2. The third-order valence-electron chi connectivity index (χ3n) is 5.87. The van der Waals surface area contributed by atoms with Crippen LogP contribution in [0.5, 0.6) is 5.75 Å². The van der Waals surface area contributed by atoms with Gasteiger partial charge in [0.2, 0.25) is 5.88 Å². The van der Waals surface area contributed by atoms with Crippen molar-refractivity contribution in [2.75, 3.05) is 11.9 Å². The SMILES string of the molecule is CC1(C)CC(=O)C2=C(C1)OC(N)=C(C#N)C2c1ccccc1OCC(=O)Nc1ccc(Cl)c(Cl)c1. The second-order valence-electron chi connectivity index (χ2n) is 9.21. The average molecular weight is 512 g/mol. The summed E-state index contributed by atoms with van der Waals surface area (Å²) in [5, 5.41) is 13.2. The van der Waals surface area contributed by atoms with Crippen LogP contribution in [0, 0.1) is 16.7 Å². The van der Waals surface area contributed by atoms with Gasteiger partial charge in [0.15, 0.2) is 12.4 Å². The molecule has 180 valence electrons. The van der Waals surface area contributed by atoms with Crippen LogP contribution in [0.3, 0.4) is 0 Å². The lowest BCUT2D eigenvalue weighted by Crippen LogP contribution is -2.33. The molecule has 1 unspecified atom stereocenters. The number of benzene rings is 2. The number of nitriles is 1. The molecule has 0 radical (unpaired) electrons. The van der Waals surface area contributed by atoms with Crippen molar-refractivity contribution >= 4 is 40.6 Å². The number of allylic oxidation sites excluding steroid dienone is 3. The number of ketones is 1. The van der Waals surface area contributed by atoms with E-state index in [0.29, 0.717) is 51.2 Å². The molecular formula is C26H23Cl2N3O4. The van der Waals surface area contributed by atoms with E-state index in [0.717, 1.165) is 0 Å². The third kappa shape index (κ3) is 5.14. The first-order chi connectivity index (χ1) is 16.6. The Morgan fingerprint density at radius 2 is 1.97 bits per heavy atom. The van der Waals surface area contributed by atoms with Crippen LogP contribution < -0.4 is 15.8 Å². The van der Waals surface area contributed by atoms with E-state index in [4.69, 9.17) is 38.4 Å². The molecule has 0 saturated carbocycles. The van der Waals surface area contributed by atoms with Crippen molar-refractivity contribution in [3.63, 3.8) is 0 Å². The Bertz CT molecular complexity index is 1320. The Morgan fingerprint density at radius 1 is 1.23 bits per heavy atom. The summed E-state index contributed by atoms with van der Waals surface area (Å²) in [6.45, 7) is 3.65. The fraction of sp³-hybridized carbons (Fsp3) is 0.269. The van der Waals surface area contributed by atoms with E-state index in [1.807, 2.05) is 13.8 Å². The summed E-state index contributed by atoms with van der Waals surface area (Å²) in [5.41, 5.74) is 7.38. The molecular weight excluding hydrogens is 489 g/mol. The van der Waals surface area contributed by atoms with Gasteiger partial charge in [-0.05, 0) is 29.7 Å². The van der Waals surface area contributed by atoms with Crippen molar-refractivity contribution in [3.05, 3.63) is 80.9 Å². The van der Waals surface area contributed by atoms with Gasteiger partial charge >= 0.3 is 0 Å². The molecule has 1 heterocycles. The molecule has 2 aromatic rings. The Morgan fingerprint density at radius 3 is 2.69 bits per heavy atom. The van der Waals surface area contributed by atoms with Gasteiger partial charge in [-0.3, -0.25) is 9.59 Å². The molecule has 1 atom stereocenters. The summed E-state index contributed by atoms with van der Waals surface area (Å²) in [4.78, 5) is 25.7. The van der Waals surface area contributed by atoms with Gasteiger partial charge in [0, 0.05) is 29.7 Å². The van der Waals surface area contributed by atoms with Crippen molar-refractivity contribution in [2.24, 2.45) is 11.1 Å². The van der Waals surface area contributed by atoms with Crippen LogP contribution in [0.25, 0.3) is 0 Å². The lowest BCUT2D eigenvalue weighted by Gasteiger charge is -2.37. The topological polar surface area (TPSA) is 114 Å². The van der Waals surface area contributed by atoms with Crippen LogP contribution >= 0.6 is 23.2 Å². The first-order valence-corrected chi connectivity index (χ1v) is 11.7. The van der Waals surface area contributed by atoms with E-state index in [2.05, 4.69) is 11.4 Å². The highest BCUT2D eigenvalue weighted by Crippen LogP contribution is 2.49. The molecule has 0 bridgehead atoms. The summed E-state index contributed by atoms with van der Waals surface area (Å²) >= 11 is 11.9. The second kappa shape index (κ2) is 9.65. The molecule has 0 spiro atoms. The number of carbonyl (C=O) groups is 2. The van der Waals surface area contributed by atoms with Gasteiger partial charge in [-0.15, -0.1) is 0 Å². The molecule has 0 aromatic heterocycles. The highest BCUT2D eigenvalue weighted by atomic mass is 35.5. The number of rotatable bonds is 5. The number of Topliss-reactive ketones (excluding diaryl/α,β-unsaturated/α-hetero) is 1. The van der Waals surface area contributed by atoms with Gasteiger partial charge in [0.25, 0.3) is 5.91 Å². The third-order valence-corrected chi connectivity index (χ3v) is 6.61. The van der Waals surface area contributed by atoms with E-state index >= 15 is 0 Å². The van der Waals surface area contributed by atoms with Crippen LogP contribution in [-0.2, 0) is 14.3 Å². The zero-order valence-electron chi connectivity index (χ0n) is 19.2. The van der Waals surface area contributed by atoms with Crippen LogP contribution in [0.2, 0.25) is 10.0 Å². The van der Waals surface area contributed by atoms with Crippen LogP contribution in [0.1, 0.15) is 38.2 Å². The predicted octanol–water partition coefficient (Wildman–Crippen LogP) is 5.46. The molecule has 35 heavy (non-hydrogen) atoms. The number of hydrogen-bond donors (Lipinski definition) is 2. The summed E-state index contributed by atoms with van der Waals surface area (Å²) in [5.74, 6) is -0.478. The number of para-hydroxylation sites is 1. The zero-order chi connectivity index (χ0) is 25.3. The quantitative estimate of drug-likeness (QED) is 0.550. The summed E-state index contributed by atoms with van der Waals surface area (Å²) < 4.78 is 11.6. The minimum Gasteiger partial charge on any atom is -0.483 e. The van der Waals surface area contributed by atoms with E-state index in [1.54, 1.807) is 36.4 Å². The molecule has 2 aromatic carbocycles. The first-order valence-electron chi connectivity index (χ1n) is 10.9. The van der Waals surface area contributed by atoms with Gasteiger partial charge in [-0.1, -0.05) is 55.2 Å².